The SMILES string of the molecule is FC1(F)CN(c2nccnc2Br)C1. The Bertz CT molecular complexity index is 323. The molecule has 1 fully saturated rings. The Balaban J connectivity index is 2.16. The van der Waals surface area contributed by atoms with E-state index in [2.05, 4.69) is 25.9 Å². The molecule has 0 N–H and O–H groups in total. The molecule has 0 saturated carbocycles. The van der Waals surface area contributed by atoms with Crippen molar-refractivity contribution in [3.05, 3.63) is 17.0 Å². The molecule has 1 aliphatic rings. The standard InChI is InChI=1S/C7H6BrF2N3/c8-5-6(12-2-1-11-5)13-3-7(9,10)4-13/h1-2H,3-4H2. The van der Waals surface area contributed by atoms with E-state index in [4.69, 9.17) is 0 Å². The van der Waals surface area contributed by atoms with Crippen molar-refractivity contribution >= 4 is 21.7 Å². The van der Waals surface area contributed by atoms with Crippen LogP contribution in [-0.4, -0.2) is 29.0 Å². The number of alkyl halides is 2. The minimum atomic E-state index is -2.57. The molecule has 0 radical (unpaired) electrons. The third-order valence-electron chi connectivity index (χ3n) is 1.78. The molecule has 0 spiro atoms. The summed E-state index contributed by atoms with van der Waals surface area (Å²) < 4.78 is 25.5. The molecule has 2 rings (SSSR count). The van der Waals surface area contributed by atoms with Crippen molar-refractivity contribution in [3.63, 3.8) is 0 Å². The van der Waals surface area contributed by atoms with Gasteiger partial charge in [0.1, 0.15) is 4.60 Å². The second kappa shape index (κ2) is 2.87. The van der Waals surface area contributed by atoms with Crippen LogP contribution in [0.15, 0.2) is 17.0 Å². The fraction of sp³-hybridized carbons (Fsp3) is 0.429. The smallest absolute Gasteiger partial charge is 0.282 e. The van der Waals surface area contributed by atoms with Crippen LogP contribution in [0.4, 0.5) is 14.6 Å². The van der Waals surface area contributed by atoms with E-state index < -0.39 is 5.92 Å². The number of aromatic nitrogens is 2. The Morgan fingerprint density at radius 3 is 2.46 bits per heavy atom. The van der Waals surface area contributed by atoms with Crippen molar-refractivity contribution in [2.45, 2.75) is 5.92 Å². The molecule has 0 aliphatic carbocycles. The maximum absolute atomic E-state index is 12.5. The largest absolute Gasteiger partial charge is 0.342 e. The lowest BCUT2D eigenvalue weighted by molar-refractivity contribution is -0.0268. The average molecular weight is 250 g/mol. The van der Waals surface area contributed by atoms with Crippen molar-refractivity contribution in [1.82, 2.24) is 9.97 Å². The maximum atomic E-state index is 12.5. The van der Waals surface area contributed by atoms with Crippen LogP contribution in [-0.2, 0) is 0 Å². The van der Waals surface area contributed by atoms with Gasteiger partial charge in [0, 0.05) is 12.4 Å². The minimum absolute atomic E-state index is 0.274. The van der Waals surface area contributed by atoms with Gasteiger partial charge in [-0.25, -0.2) is 18.7 Å². The van der Waals surface area contributed by atoms with Crippen LogP contribution in [0.25, 0.3) is 0 Å². The molecule has 1 aliphatic heterocycles. The van der Waals surface area contributed by atoms with Gasteiger partial charge in [-0.2, -0.15) is 0 Å². The molecule has 13 heavy (non-hydrogen) atoms. The van der Waals surface area contributed by atoms with E-state index in [1.54, 1.807) is 0 Å². The van der Waals surface area contributed by atoms with Crippen LogP contribution in [0.3, 0.4) is 0 Å². The zero-order valence-electron chi connectivity index (χ0n) is 6.54. The number of halogens is 3. The molecule has 3 nitrogen and oxygen atoms in total. The van der Waals surface area contributed by atoms with Gasteiger partial charge in [-0.15, -0.1) is 0 Å². The van der Waals surface area contributed by atoms with Crippen molar-refractivity contribution in [2.24, 2.45) is 0 Å². The van der Waals surface area contributed by atoms with Gasteiger partial charge in [-0.3, -0.25) is 0 Å². The van der Waals surface area contributed by atoms with E-state index in [-0.39, 0.29) is 13.1 Å². The van der Waals surface area contributed by atoms with E-state index >= 15 is 0 Å². The quantitative estimate of drug-likeness (QED) is 0.759. The summed E-state index contributed by atoms with van der Waals surface area (Å²) in [6, 6.07) is 0. The molecule has 1 aromatic heterocycles. The average Bonchev–Trinajstić information content (AvgIpc) is 2.01. The molecule has 0 atom stereocenters. The predicted molar refractivity (Wildman–Crippen MR) is 46.9 cm³/mol. The zero-order valence-corrected chi connectivity index (χ0v) is 8.13. The van der Waals surface area contributed by atoms with E-state index in [1.165, 1.54) is 17.3 Å². The lowest BCUT2D eigenvalue weighted by Crippen LogP contribution is -2.56. The first-order valence-electron chi connectivity index (χ1n) is 3.68. The first-order valence-corrected chi connectivity index (χ1v) is 4.47. The maximum Gasteiger partial charge on any atom is 0.282 e. The molecule has 70 valence electrons. The van der Waals surface area contributed by atoms with Crippen LogP contribution >= 0.6 is 15.9 Å². The summed E-state index contributed by atoms with van der Waals surface area (Å²) in [4.78, 5) is 9.33. The summed E-state index contributed by atoms with van der Waals surface area (Å²) in [7, 11) is 0. The summed E-state index contributed by atoms with van der Waals surface area (Å²) in [6.07, 6.45) is 2.99. The van der Waals surface area contributed by atoms with Crippen LogP contribution < -0.4 is 4.90 Å². The number of hydrogen-bond donors (Lipinski definition) is 0. The summed E-state index contributed by atoms with van der Waals surface area (Å²) >= 11 is 3.15. The third-order valence-corrected chi connectivity index (χ3v) is 2.34. The lowest BCUT2D eigenvalue weighted by atomic mass is 10.1. The van der Waals surface area contributed by atoms with Gasteiger partial charge in [0.05, 0.1) is 13.1 Å². The number of nitrogens with zero attached hydrogens (tertiary/aromatic N) is 3. The molecule has 0 unspecified atom stereocenters. The molecule has 0 amide bonds. The second-order valence-electron chi connectivity index (χ2n) is 2.88. The summed E-state index contributed by atoms with van der Waals surface area (Å²) in [6.45, 7) is -0.547. The van der Waals surface area contributed by atoms with E-state index in [0.717, 1.165) is 0 Å². The fourth-order valence-electron chi connectivity index (χ4n) is 1.19. The molecule has 0 bridgehead atoms. The highest BCUT2D eigenvalue weighted by molar-refractivity contribution is 9.10. The summed E-state index contributed by atoms with van der Waals surface area (Å²) in [5, 5.41) is 0. The monoisotopic (exact) mass is 249 g/mol. The van der Waals surface area contributed by atoms with Gasteiger partial charge >= 0.3 is 0 Å². The van der Waals surface area contributed by atoms with Crippen molar-refractivity contribution < 1.29 is 8.78 Å². The summed E-state index contributed by atoms with van der Waals surface area (Å²) in [5.74, 6) is -2.09. The van der Waals surface area contributed by atoms with Crippen molar-refractivity contribution in [3.8, 4) is 0 Å². The highest BCUT2D eigenvalue weighted by atomic mass is 79.9. The van der Waals surface area contributed by atoms with E-state index in [9.17, 15) is 8.78 Å². The molecule has 6 heteroatoms. The Kier molecular flexibility index (Phi) is 1.94. The minimum Gasteiger partial charge on any atom is -0.342 e. The van der Waals surface area contributed by atoms with Gasteiger partial charge in [-0.1, -0.05) is 0 Å². The number of rotatable bonds is 1. The third kappa shape index (κ3) is 1.63. The molecular formula is C7H6BrF2N3. The van der Waals surface area contributed by atoms with Gasteiger partial charge in [-0.05, 0) is 15.9 Å². The van der Waals surface area contributed by atoms with Gasteiger partial charge in [0.2, 0.25) is 0 Å². The molecule has 2 heterocycles. The Morgan fingerprint density at radius 2 is 1.92 bits per heavy atom. The Labute approximate surface area is 81.9 Å². The van der Waals surface area contributed by atoms with E-state index in [1.807, 2.05) is 0 Å². The molecular weight excluding hydrogens is 244 g/mol. The van der Waals surface area contributed by atoms with E-state index in [0.29, 0.717) is 10.4 Å². The predicted octanol–water partition coefficient (Wildman–Crippen LogP) is 1.69. The van der Waals surface area contributed by atoms with Crippen LogP contribution in [0.5, 0.6) is 0 Å². The molecule has 0 aromatic carbocycles. The molecule has 1 aromatic rings. The topological polar surface area (TPSA) is 29.0 Å². The second-order valence-corrected chi connectivity index (χ2v) is 3.63. The zero-order chi connectivity index (χ0) is 9.47. The van der Waals surface area contributed by atoms with Gasteiger partial charge in [0.25, 0.3) is 5.92 Å². The normalized spacial score (nSPS) is 19.8. The summed E-state index contributed by atoms with van der Waals surface area (Å²) in [5.41, 5.74) is 0. The van der Waals surface area contributed by atoms with Crippen molar-refractivity contribution in [2.75, 3.05) is 18.0 Å². The Hall–Kier alpha value is -0.780. The van der Waals surface area contributed by atoms with Crippen molar-refractivity contribution in [1.29, 1.82) is 0 Å². The fourth-order valence-corrected chi connectivity index (χ4v) is 1.66. The highest BCUT2D eigenvalue weighted by Gasteiger charge is 2.45. The van der Waals surface area contributed by atoms with Crippen LogP contribution in [0.2, 0.25) is 0 Å². The number of hydrogen-bond acceptors (Lipinski definition) is 3. The highest BCUT2D eigenvalue weighted by Crippen LogP contribution is 2.33. The first kappa shape index (κ1) is 8.80. The Morgan fingerprint density at radius 1 is 1.31 bits per heavy atom. The van der Waals surface area contributed by atoms with Gasteiger partial charge in [0.15, 0.2) is 5.82 Å². The van der Waals surface area contributed by atoms with Crippen LogP contribution in [0.1, 0.15) is 0 Å². The number of anilines is 1. The van der Waals surface area contributed by atoms with Gasteiger partial charge < -0.3 is 4.90 Å². The molecule has 1 saturated heterocycles. The van der Waals surface area contributed by atoms with Crippen LogP contribution in [0, 0.1) is 0 Å². The first-order chi connectivity index (χ1) is 6.08. The lowest BCUT2D eigenvalue weighted by Gasteiger charge is -2.39.